The minimum atomic E-state index is -3.59. The number of aromatic nitrogens is 2. The molecule has 1 aliphatic rings. The van der Waals surface area contributed by atoms with Crippen molar-refractivity contribution in [2.75, 3.05) is 20.2 Å². The van der Waals surface area contributed by atoms with Gasteiger partial charge in [0, 0.05) is 19.5 Å². The van der Waals surface area contributed by atoms with Crippen molar-refractivity contribution in [2.24, 2.45) is 5.92 Å². The fraction of sp³-hybridized carbons (Fsp3) is 0.333. The van der Waals surface area contributed by atoms with E-state index < -0.39 is 15.8 Å². The smallest absolute Gasteiger partial charge is 0.243 e. The van der Waals surface area contributed by atoms with Crippen molar-refractivity contribution in [1.82, 2.24) is 14.4 Å². The number of hydrogen-bond donors (Lipinski definition) is 0. The van der Waals surface area contributed by atoms with Crippen LogP contribution in [0.5, 0.6) is 5.75 Å². The van der Waals surface area contributed by atoms with Gasteiger partial charge in [-0.1, -0.05) is 17.3 Å². The van der Waals surface area contributed by atoms with Crippen molar-refractivity contribution in [3.05, 3.63) is 60.2 Å². The molecule has 0 N–H and O–H groups in total. The van der Waals surface area contributed by atoms with Crippen LogP contribution in [0.3, 0.4) is 0 Å². The Balaban J connectivity index is 1.46. The topological polar surface area (TPSA) is 85.5 Å². The molecule has 1 saturated heterocycles. The van der Waals surface area contributed by atoms with Gasteiger partial charge < -0.3 is 9.26 Å². The lowest BCUT2D eigenvalue weighted by Gasteiger charge is -2.31. The molecule has 0 radical (unpaired) electrons. The highest BCUT2D eigenvalue weighted by Gasteiger charge is 2.31. The lowest BCUT2D eigenvalue weighted by atomic mass is 9.96. The zero-order valence-corrected chi connectivity index (χ0v) is 17.3. The summed E-state index contributed by atoms with van der Waals surface area (Å²) in [5.74, 6) is 0.802. The number of halogens is 1. The van der Waals surface area contributed by atoms with Crippen LogP contribution >= 0.6 is 0 Å². The molecule has 0 aliphatic carbocycles. The SMILES string of the molecule is COc1ccc(S(=O)(=O)N2CCCC(Cc3nc(-c4ccccc4F)no3)C2)cc1. The summed E-state index contributed by atoms with van der Waals surface area (Å²) in [5, 5.41) is 3.87. The Morgan fingerprint density at radius 3 is 2.70 bits per heavy atom. The molecule has 2 heterocycles. The van der Waals surface area contributed by atoms with E-state index in [1.807, 2.05) is 0 Å². The second-order valence-corrected chi connectivity index (χ2v) is 9.18. The van der Waals surface area contributed by atoms with Crippen LogP contribution in [0.4, 0.5) is 4.39 Å². The first-order valence-electron chi connectivity index (χ1n) is 9.69. The predicted octanol–water partition coefficient (Wildman–Crippen LogP) is 3.53. The summed E-state index contributed by atoms with van der Waals surface area (Å²) in [5.41, 5.74) is 0.278. The van der Waals surface area contributed by atoms with Gasteiger partial charge in [0.25, 0.3) is 0 Å². The molecule has 1 aliphatic heterocycles. The number of ether oxygens (including phenoxy) is 1. The van der Waals surface area contributed by atoms with Gasteiger partial charge in [0.1, 0.15) is 11.6 Å². The fourth-order valence-corrected chi connectivity index (χ4v) is 5.20. The maximum absolute atomic E-state index is 13.9. The highest BCUT2D eigenvalue weighted by Crippen LogP contribution is 2.27. The normalized spacial score (nSPS) is 17.7. The summed E-state index contributed by atoms with van der Waals surface area (Å²) in [6.07, 6.45) is 2.04. The van der Waals surface area contributed by atoms with Gasteiger partial charge in [-0.3, -0.25) is 0 Å². The molecule has 0 saturated carbocycles. The molecule has 1 aromatic heterocycles. The molecule has 3 aromatic rings. The maximum atomic E-state index is 13.9. The lowest BCUT2D eigenvalue weighted by Crippen LogP contribution is -2.40. The van der Waals surface area contributed by atoms with Gasteiger partial charge in [-0.25, -0.2) is 12.8 Å². The third-order valence-electron chi connectivity index (χ3n) is 5.23. The van der Waals surface area contributed by atoms with Crippen molar-refractivity contribution in [3.8, 4) is 17.1 Å². The molecule has 30 heavy (non-hydrogen) atoms. The molecule has 1 fully saturated rings. The molecule has 4 rings (SSSR count). The van der Waals surface area contributed by atoms with Crippen LogP contribution in [0.15, 0.2) is 57.9 Å². The summed E-state index contributed by atoms with van der Waals surface area (Å²) in [7, 11) is -2.06. The van der Waals surface area contributed by atoms with Gasteiger partial charge >= 0.3 is 0 Å². The van der Waals surface area contributed by atoms with E-state index in [2.05, 4.69) is 10.1 Å². The van der Waals surface area contributed by atoms with Crippen molar-refractivity contribution < 1.29 is 22.1 Å². The minimum absolute atomic E-state index is 0.0423. The molecule has 0 spiro atoms. The van der Waals surface area contributed by atoms with Crippen LogP contribution in [-0.2, 0) is 16.4 Å². The quantitative estimate of drug-likeness (QED) is 0.594. The summed E-state index contributed by atoms with van der Waals surface area (Å²) in [4.78, 5) is 4.54. The van der Waals surface area contributed by atoms with E-state index in [1.54, 1.807) is 42.5 Å². The standard InChI is InChI=1S/C21H22FN3O4S/c1-28-16-8-10-17(11-9-16)30(26,27)25-12-4-5-15(14-25)13-20-23-21(24-29-20)18-6-2-3-7-19(18)22/h2-3,6-11,15H,4-5,12-14H2,1H3. The Bertz CT molecular complexity index is 1120. The Kier molecular flexibility index (Phi) is 5.83. The van der Waals surface area contributed by atoms with E-state index in [9.17, 15) is 12.8 Å². The molecule has 1 atom stereocenters. The first kappa shape index (κ1) is 20.5. The Morgan fingerprint density at radius 1 is 1.20 bits per heavy atom. The molecule has 9 heteroatoms. The first-order chi connectivity index (χ1) is 14.5. The van der Waals surface area contributed by atoms with Crippen LogP contribution < -0.4 is 4.74 Å². The zero-order chi connectivity index (χ0) is 21.1. The molecule has 158 valence electrons. The predicted molar refractivity (Wildman–Crippen MR) is 108 cm³/mol. The zero-order valence-electron chi connectivity index (χ0n) is 16.5. The summed E-state index contributed by atoms with van der Waals surface area (Å²) in [6.45, 7) is 0.834. The largest absolute Gasteiger partial charge is 0.497 e. The van der Waals surface area contributed by atoms with Gasteiger partial charge in [-0.15, -0.1) is 0 Å². The van der Waals surface area contributed by atoms with Crippen LogP contribution in [0.2, 0.25) is 0 Å². The number of benzene rings is 2. The van der Waals surface area contributed by atoms with Gasteiger partial charge in [0.2, 0.25) is 21.7 Å². The Morgan fingerprint density at radius 2 is 1.97 bits per heavy atom. The van der Waals surface area contributed by atoms with Crippen molar-refractivity contribution >= 4 is 10.0 Å². The number of rotatable bonds is 6. The number of hydrogen-bond acceptors (Lipinski definition) is 6. The van der Waals surface area contributed by atoms with E-state index in [1.165, 1.54) is 17.5 Å². The third kappa shape index (κ3) is 4.22. The average molecular weight is 431 g/mol. The van der Waals surface area contributed by atoms with Gasteiger partial charge in [-0.2, -0.15) is 9.29 Å². The number of sulfonamides is 1. The Hall–Kier alpha value is -2.78. The average Bonchev–Trinajstić information content (AvgIpc) is 3.22. The summed E-state index contributed by atoms with van der Waals surface area (Å²) in [6, 6.07) is 12.6. The number of methoxy groups -OCH3 is 1. The van der Waals surface area contributed by atoms with E-state index in [0.717, 1.165) is 12.8 Å². The van der Waals surface area contributed by atoms with Crippen LogP contribution in [0.25, 0.3) is 11.4 Å². The van der Waals surface area contributed by atoms with Crippen molar-refractivity contribution in [1.29, 1.82) is 0 Å². The summed E-state index contributed by atoms with van der Waals surface area (Å²) >= 11 is 0. The van der Waals surface area contributed by atoms with Crippen LogP contribution in [-0.4, -0.2) is 43.1 Å². The van der Waals surface area contributed by atoms with Gasteiger partial charge in [0.05, 0.1) is 17.6 Å². The lowest BCUT2D eigenvalue weighted by molar-refractivity contribution is 0.247. The first-order valence-corrected chi connectivity index (χ1v) is 11.1. The third-order valence-corrected chi connectivity index (χ3v) is 7.10. The monoisotopic (exact) mass is 431 g/mol. The second-order valence-electron chi connectivity index (χ2n) is 7.24. The molecule has 7 nitrogen and oxygen atoms in total. The number of piperidine rings is 1. The molecule has 0 bridgehead atoms. The van der Waals surface area contributed by atoms with E-state index in [0.29, 0.717) is 31.2 Å². The van der Waals surface area contributed by atoms with Crippen molar-refractivity contribution in [3.63, 3.8) is 0 Å². The highest BCUT2D eigenvalue weighted by molar-refractivity contribution is 7.89. The second kappa shape index (κ2) is 8.53. The highest BCUT2D eigenvalue weighted by atomic mass is 32.2. The molecule has 0 amide bonds. The van der Waals surface area contributed by atoms with E-state index in [4.69, 9.17) is 9.26 Å². The van der Waals surface area contributed by atoms with Gasteiger partial charge in [0.15, 0.2) is 0 Å². The van der Waals surface area contributed by atoms with Gasteiger partial charge in [-0.05, 0) is 55.2 Å². The van der Waals surface area contributed by atoms with E-state index in [-0.39, 0.29) is 22.2 Å². The fourth-order valence-electron chi connectivity index (χ4n) is 3.65. The number of nitrogens with zero attached hydrogens (tertiary/aromatic N) is 3. The molecular weight excluding hydrogens is 409 g/mol. The van der Waals surface area contributed by atoms with Crippen molar-refractivity contribution in [2.45, 2.75) is 24.2 Å². The molecule has 1 unspecified atom stereocenters. The van der Waals surface area contributed by atoms with Crippen LogP contribution in [0, 0.1) is 11.7 Å². The minimum Gasteiger partial charge on any atom is -0.497 e. The maximum Gasteiger partial charge on any atom is 0.243 e. The van der Waals surface area contributed by atoms with E-state index >= 15 is 0 Å². The van der Waals surface area contributed by atoms with Crippen LogP contribution in [0.1, 0.15) is 18.7 Å². The Labute approximate surface area is 174 Å². The summed E-state index contributed by atoms with van der Waals surface area (Å²) < 4.78 is 51.8. The molecule has 2 aromatic carbocycles. The molecular formula is C21H22FN3O4S.